The Morgan fingerprint density at radius 3 is 2.49 bits per heavy atom. The molecule has 1 aliphatic heterocycles. The molecule has 228 valence electrons. The van der Waals surface area contributed by atoms with Gasteiger partial charge in [0, 0.05) is 51.9 Å². The van der Waals surface area contributed by atoms with Gasteiger partial charge in [0.25, 0.3) is 10.9 Å². The number of hydrogen-bond donors (Lipinski definition) is 2. The highest BCUT2D eigenvalue weighted by molar-refractivity contribution is 5.75. The molecule has 2 aliphatic rings. The van der Waals surface area contributed by atoms with Crippen molar-refractivity contribution in [1.82, 2.24) is 5.32 Å². The molecular formula is C34H53N3O4. The lowest BCUT2D eigenvalue weighted by atomic mass is 9.84. The van der Waals surface area contributed by atoms with Crippen molar-refractivity contribution in [2.45, 2.75) is 90.2 Å². The summed E-state index contributed by atoms with van der Waals surface area (Å²) in [6.07, 6.45) is 11.4. The van der Waals surface area contributed by atoms with Crippen LogP contribution < -0.4 is 26.4 Å². The van der Waals surface area contributed by atoms with Crippen LogP contribution in [-0.4, -0.2) is 52.5 Å². The monoisotopic (exact) mass is 567 g/mol. The van der Waals surface area contributed by atoms with Crippen molar-refractivity contribution < 1.29 is 9.47 Å². The van der Waals surface area contributed by atoms with Gasteiger partial charge < -0.3 is 25.0 Å². The molecule has 7 nitrogen and oxygen atoms in total. The molecule has 41 heavy (non-hydrogen) atoms. The summed E-state index contributed by atoms with van der Waals surface area (Å²) in [6.45, 7) is 9.08. The Bertz CT molecular complexity index is 1090. The Kier molecular flexibility index (Phi) is 12.7. The van der Waals surface area contributed by atoms with Gasteiger partial charge in [-0.2, -0.15) is 0 Å². The lowest BCUT2D eigenvalue weighted by Gasteiger charge is -2.39. The molecule has 3 atom stereocenters. The lowest BCUT2D eigenvalue weighted by molar-refractivity contribution is -0.00235. The third kappa shape index (κ3) is 9.13. The van der Waals surface area contributed by atoms with Crippen LogP contribution in [0.5, 0.6) is 0 Å². The van der Waals surface area contributed by atoms with E-state index in [1.165, 1.54) is 37.7 Å². The molecule has 7 heteroatoms. The molecule has 4 rings (SSSR count). The summed E-state index contributed by atoms with van der Waals surface area (Å²) in [5, 5.41) is 7.23. The molecule has 2 fully saturated rings. The Balaban J connectivity index is 1.47. The van der Waals surface area contributed by atoms with Crippen LogP contribution in [0.15, 0.2) is 39.9 Å². The summed E-state index contributed by atoms with van der Waals surface area (Å²) in [4.78, 5) is 28.1. The van der Waals surface area contributed by atoms with Crippen molar-refractivity contribution in [1.29, 1.82) is 0 Å². The largest absolute Gasteiger partial charge is 0.385 e. The smallest absolute Gasteiger partial charge is 0.253 e. The summed E-state index contributed by atoms with van der Waals surface area (Å²) in [5.74, 6) is 1.58. The van der Waals surface area contributed by atoms with E-state index in [9.17, 15) is 9.59 Å². The first-order chi connectivity index (χ1) is 20.0. The average Bonchev–Trinajstić information content (AvgIpc) is 2.99. The zero-order chi connectivity index (χ0) is 29.0. The van der Waals surface area contributed by atoms with Gasteiger partial charge in [-0.3, -0.25) is 9.59 Å². The minimum Gasteiger partial charge on any atom is -0.385 e. The number of ether oxygens (including phenoxy) is 2. The van der Waals surface area contributed by atoms with Crippen LogP contribution >= 0.6 is 0 Å². The molecule has 1 heterocycles. The van der Waals surface area contributed by atoms with Crippen molar-refractivity contribution in [3.05, 3.63) is 56.3 Å². The van der Waals surface area contributed by atoms with E-state index in [-0.39, 0.29) is 28.9 Å². The molecule has 0 spiro atoms. The number of nitrogens with zero attached hydrogens (tertiary/aromatic N) is 1. The van der Waals surface area contributed by atoms with E-state index in [1.54, 1.807) is 7.11 Å². The molecule has 2 N–H and O–H groups in total. The molecular weight excluding hydrogens is 514 g/mol. The van der Waals surface area contributed by atoms with Crippen molar-refractivity contribution in [2.75, 3.05) is 56.7 Å². The lowest BCUT2D eigenvalue weighted by Crippen LogP contribution is -2.49. The summed E-state index contributed by atoms with van der Waals surface area (Å²) < 4.78 is 11.7. The minimum absolute atomic E-state index is 0.0528. The fraction of sp³-hybridized carbons (Fsp3) is 0.706. The standard InChI is InChI=1S/C34H53N3O4/c1-25(2)17-18-35-23-29(22-26-12-6-4-7-13-26)36-30-31(33(39)32(30)38)37-19-10-16-28(24-37)34(41-21-11-20-40-3)27-14-8-5-9-15-27/h5,8-9,14-15,25-26,28-29,34-36H,4,6-7,10-13,16-24H2,1-3H3. The van der Waals surface area contributed by atoms with Crippen molar-refractivity contribution in [3.63, 3.8) is 0 Å². The molecule has 0 aromatic heterocycles. The second kappa shape index (κ2) is 16.4. The maximum atomic E-state index is 13.0. The predicted octanol–water partition coefficient (Wildman–Crippen LogP) is 5.68. The van der Waals surface area contributed by atoms with E-state index in [4.69, 9.17) is 9.47 Å². The Labute approximate surface area is 247 Å². The van der Waals surface area contributed by atoms with E-state index in [1.807, 2.05) is 6.07 Å². The third-order valence-electron chi connectivity index (χ3n) is 8.99. The number of rotatable bonds is 17. The molecule has 3 unspecified atom stereocenters. The minimum atomic E-state index is -0.353. The van der Waals surface area contributed by atoms with Crippen LogP contribution in [0, 0.1) is 17.8 Å². The van der Waals surface area contributed by atoms with E-state index < -0.39 is 0 Å². The van der Waals surface area contributed by atoms with Crippen LogP contribution in [0.3, 0.4) is 0 Å². The molecule has 0 bridgehead atoms. The molecule has 1 aliphatic carbocycles. The number of benzene rings is 1. The predicted molar refractivity (Wildman–Crippen MR) is 169 cm³/mol. The number of piperidine rings is 1. The zero-order valence-corrected chi connectivity index (χ0v) is 25.7. The van der Waals surface area contributed by atoms with E-state index in [0.29, 0.717) is 43.0 Å². The second-order valence-corrected chi connectivity index (χ2v) is 12.7. The summed E-state index contributed by atoms with van der Waals surface area (Å²) in [5.41, 5.74) is 1.62. The highest BCUT2D eigenvalue weighted by atomic mass is 16.5. The normalized spacial score (nSPS) is 20.0. The second-order valence-electron chi connectivity index (χ2n) is 12.7. The van der Waals surface area contributed by atoms with Crippen molar-refractivity contribution in [2.24, 2.45) is 17.8 Å². The Hall–Kier alpha value is -2.22. The molecule has 0 amide bonds. The maximum Gasteiger partial charge on any atom is 0.253 e. The van der Waals surface area contributed by atoms with Crippen LogP contribution in [0.1, 0.15) is 89.7 Å². The molecule has 2 aromatic rings. The first-order valence-electron chi connectivity index (χ1n) is 16.2. The molecule has 1 saturated carbocycles. The first-order valence-corrected chi connectivity index (χ1v) is 16.2. The fourth-order valence-electron chi connectivity index (χ4n) is 6.73. The highest BCUT2D eigenvalue weighted by Gasteiger charge is 2.34. The first kappa shape index (κ1) is 31.7. The van der Waals surface area contributed by atoms with Crippen LogP contribution in [0.4, 0.5) is 11.4 Å². The van der Waals surface area contributed by atoms with Crippen molar-refractivity contribution in [3.8, 4) is 0 Å². The topological polar surface area (TPSA) is 79.9 Å². The summed E-state index contributed by atoms with van der Waals surface area (Å²) >= 11 is 0. The summed E-state index contributed by atoms with van der Waals surface area (Å²) in [6, 6.07) is 10.6. The quantitative estimate of drug-likeness (QED) is 0.188. The number of nitrogens with one attached hydrogen (secondary N) is 2. The van der Waals surface area contributed by atoms with Gasteiger partial charge in [0.05, 0.1) is 6.10 Å². The highest BCUT2D eigenvalue weighted by Crippen LogP contribution is 2.36. The fourth-order valence-corrected chi connectivity index (χ4v) is 6.73. The van der Waals surface area contributed by atoms with Crippen LogP contribution in [-0.2, 0) is 9.47 Å². The third-order valence-corrected chi connectivity index (χ3v) is 8.99. The van der Waals surface area contributed by atoms with Gasteiger partial charge in [-0.05, 0) is 56.0 Å². The summed E-state index contributed by atoms with van der Waals surface area (Å²) in [7, 11) is 1.71. The molecule has 2 aromatic carbocycles. The van der Waals surface area contributed by atoms with E-state index >= 15 is 0 Å². The molecule has 0 radical (unpaired) electrons. The molecule has 1 saturated heterocycles. The van der Waals surface area contributed by atoms with Gasteiger partial charge in [0.2, 0.25) is 0 Å². The number of hydrogen-bond acceptors (Lipinski definition) is 7. The Morgan fingerprint density at radius 1 is 0.976 bits per heavy atom. The number of anilines is 2. The Morgan fingerprint density at radius 2 is 1.76 bits per heavy atom. The number of methoxy groups -OCH3 is 1. The zero-order valence-electron chi connectivity index (χ0n) is 25.7. The van der Waals surface area contributed by atoms with Gasteiger partial charge in [-0.15, -0.1) is 0 Å². The van der Waals surface area contributed by atoms with Crippen LogP contribution in [0.2, 0.25) is 0 Å². The van der Waals surface area contributed by atoms with E-state index in [0.717, 1.165) is 51.7 Å². The average molecular weight is 568 g/mol. The SMILES string of the molecule is COCCCOC(c1ccccc1)C1CCCN(c2c(NC(CNCCC(C)C)CC3CCCCC3)c(=O)c2=O)C1. The van der Waals surface area contributed by atoms with Gasteiger partial charge in [-0.1, -0.05) is 76.3 Å². The van der Waals surface area contributed by atoms with Crippen molar-refractivity contribution >= 4 is 11.4 Å². The van der Waals surface area contributed by atoms with Crippen LogP contribution in [0.25, 0.3) is 0 Å². The van der Waals surface area contributed by atoms with E-state index in [2.05, 4.69) is 53.6 Å². The van der Waals surface area contributed by atoms with Gasteiger partial charge >= 0.3 is 0 Å². The van der Waals surface area contributed by atoms with Gasteiger partial charge in [-0.25, -0.2) is 0 Å². The maximum absolute atomic E-state index is 13.0. The van der Waals surface area contributed by atoms with Gasteiger partial charge in [0.15, 0.2) is 0 Å². The van der Waals surface area contributed by atoms with Gasteiger partial charge in [0.1, 0.15) is 11.4 Å².